The minimum Gasteiger partial charge on any atom is -0.392 e. The fourth-order valence-corrected chi connectivity index (χ4v) is 2.73. The summed E-state index contributed by atoms with van der Waals surface area (Å²) in [6, 6.07) is 0. The zero-order valence-corrected chi connectivity index (χ0v) is 9.41. The second kappa shape index (κ2) is 6.41. The van der Waals surface area contributed by atoms with E-state index in [0.29, 0.717) is 6.54 Å². The second-order valence-corrected chi connectivity index (χ2v) is 4.68. The van der Waals surface area contributed by atoms with Gasteiger partial charge in [-0.05, 0) is 24.7 Å². The third-order valence-corrected chi connectivity index (χ3v) is 3.73. The van der Waals surface area contributed by atoms with Crippen molar-refractivity contribution in [3.63, 3.8) is 0 Å². The fourth-order valence-electron chi connectivity index (χ4n) is 2.73. The molecule has 0 amide bonds. The lowest BCUT2D eigenvalue weighted by atomic mass is 9.75. The average molecular weight is 199 g/mol. The average Bonchev–Trinajstić information content (AvgIpc) is 2.26. The van der Waals surface area contributed by atoms with Crippen molar-refractivity contribution in [2.75, 3.05) is 6.54 Å². The number of hydrogen-bond acceptors (Lipinski definition) is 2. The van der Waals surface area contributed by atoms with E-state index in [1.165, 1.54) is 38.5 Å². The minimum atomic E-state index is -0.269. The molecule has 0 heterocycles. The van der Waals surface area contributed by atoms with Gasteiger partial charge in [-0.25, -0.2) is 0 Å². The minimum absolute atomic E-state index is 0.269. The maximum atomic E-state index is 9.42. The van der Waals surface area contributed by atoms with E-state index in [9.17, 15) is 5.11 Å². The first-order chi connectivity index (χ1) is 6.77. The zero-order valence-electron chi connectivity index (χ0n) is 9.41. The molecule has 0 bridgehead atoms. The normalized spacial score (nSPS) is 30.2. The Bertz CT molecular complexity index is 149. The van der Waals surface area contributed by atoms with Gasteiger partial charge >= 0.3 is 0 Å². The highest BCUT2D eigenvalue weighted by Crippen LogP contribution is 2.35. The molecule has 2 heteroatoms. The number of nitrogens with two attached hydrogens (primary N) is 1. The van der Waals surface area contributed by atoms with Gasteiger partial charge in [-0.1, -0.05) is 39.0 Å². The Morgan fingerprint density at radius 1 is 1.29 bits per heavy atom. The van der Waals surface area contributed by atoms with Gasteiger partial charge in [0.2, 0.25) is 0 Å². The van der Waals surface area contributed by atoms with Crippen molar-refractivity contribution in [1.82, 2.24) is 0 Å². The van der Waals surface area contributed by atoms with Gasteiger partial charge in [0, 0.05) is 6.54 Å². The predicted molar refractivity (Wildman–Crippen MR) is 60.0 cm³/mol. The van der Waals surface area contributed by atoms with Crippen molar-refractivity contribution in [3.05, 3.63) is 0 Å². The number of aliphatic hydroxyl groups is 1. The molecule has 1 saturated carbocycles. The highest BCUT2D eigenvalue weighted by molar-refractivity contribution is 4.75. The quantitative estimate of drug-likeness (QED) is 0.713. The largest absolute Gasteiger partial charge is 0.392 e. The summed E-state index contributed by atoms with van der Waals surface area (Å²) in [7, 11) is 0. The van der Waals surface area contributed by atoms with Gasteiger partial charge in [0.05, 0.1) is 6.10 Å². The smallest absolute Gasteiger partial charge is 0.0662 e. The molecule has 0 aliphatic heterocycles. The molecule has 2 nitrogen and oxygen atoms in total. The van der Waals surface area contributed by atoms with Crippen LogP contribution in [0.5, 0.6) is 0 Å². The van der Waals surface area contributed by atoms with E-state index in [-0.39, 0.29) is 6.10 Å². The Balaban J connectivity index is 2.26. The summed E-state index contributed by atoms with van der Waals surface area (Å²) < 4.78 is 0. The van der Waals surface area contributed by atoms with Crippen LogP contribution < -0.4 is 5.73 Å². The summed E-state index contributed by atoms with van der Waals surface area (Å²) in [5, 5.41) is 9.42. The van der Waals surface area contributed by atoms with Crippen molar-refractivity contribution in [2.45, 2.75) is 58.0 Å². The summed E-state index contributed by atoms with van der Waals surface area (Å²) in [6.45, 7) is 2.71. The molecule has 3 N–H and O–H groups in total. The van der Waals surface area contributed by atoms with Crippen molar-refractivity contribution < 1.29 is 5.11 Å². The van der Waals surface area contributed by atoms with E-state index in [1.54, 1.807) is 0 Å². The molecular weight excluding hydrogens is 174 g/mol. The molecule has 0 saturated heterocycles. The molecule has 84 valence electrons. The van der Waals surface area contributed by atoms with Crippen LogP contribution in [0.15, 0.2) is 0 Å². The van der Waals surface area contributed by atoms with Crippen LogP contribution in [0.25, 0.3) is 0 Å². The van der Waals surface area contributed by atoms with E-state index in [4.69, 9.17) is 5.73 Å². The summed E-state index contributed by atoms with van der Waals surface area (Å²) >= 11 is 0. The molecule has 0 radical (unpaired) electrons. The van der Waals surface area contributed by atoms with E-state index < -0.39 is 0 Å². The Morgan fingerprint density at radius 2 is 1.93 bits per heavy atom. The van der Waals surface area contributed by atoms with E-state index in [2.05, 4.69) is 6.92 Å². The molecular formula is C12H25NO. The molecule has 0 spiro atoms. The predicted octanol–water partition coefficient (Wildman–Crippen LogP) is 2.30. The highest BCUT2D eigenvalue weighted by Gasteiger charge is 2.23. The molecule has 1 rings (SSSR count). The van der Waals surface area contributed by atoms with Gasteiger partial charge in [0.25, 0.3) is 0 Å². The lowest BCUT2D eigenvalue weighted by molar-refractivity contribution is 0.139. The highest BCUT2D eigenvalue weighted by atomic mass is 16.3. The molecule has 0 aromatic carbocycles. The van der Waals surface area contributed by atoms with Crippen LogP contribution in [0, 0.1) is 11.8 Å². The third-order valence-electron chi connectivity index (χ3n) is 3.73. The zero-order chi connectivity index (χ0) is 10.4. The van der Waals surface area contributed by atoms with Gasteiger partial charge in [-0.2, -0.15) is 0 Å². The van der Waals surface area contributed by atoms with E-state index in [0.717, 1.165) is 18.3 Å². The van der Waals surface area contributed by atoms with E-state index >= 15 is 0 Å². The summed E-state index contributed by atoms with van der Waals surface area (Å²) in [6.07, 6.45) is 8.69. The standard InChI is InChI=1S/C12H25NO/c1-2-10-5-3-4-6-11(10)7-8-12(14)9-13/h10-12,14H,2-9,13H2,1H3/t10-,11?,12+/m0/s1. The Morgan fingerprint density at radius 3 is 2.50 bits per heavy atom. The fraction of sp³-hybridized carbons (Fsp3) is 1.00. The van der Waals surface area contributed by atoms with Crippen molar-refractivity contribution in [1.29, 1.82) is 0 Å². The monoisotopic (exact) mass is 199 g/mol. The molecule has 1 unspecified atom stereocenters. The molecule has 1 fully saturated rings. The Hall–Kier alpha value is -0.0800. The molecule has 0 aromatic rings. The van der Waals surface area contributed by atoms with Crippen molar-refractivity contribution in [3.8, 4) is 0 Å². The molecule has 3 atom stereocenters. The van der Waals surface area contributed by atoms with Crippen LogP contribution in [0.2, 0.25) is 0 Å². The molecule has 1 aliphatic carbocycles. The van der Waals surface area contributed by atoms with Crippen LogP contribution in [0.4, 0.5) is 0 Å². The van der Waals surface area contributed by atoms with Crippen molar-refractivity contribution >= 4 is 0 Å². The lowest BCUT2D eigenvalue weighted by Gasteiger charge is -2.31. The molecule has 0 aromatic heterocycles. The summed E-state index contributed by atoms with van der Waals surface area (Å²) in [5.74, 6) is 1.77. The molecule has 14 heavy (non-hydrogen) atoms. The first kappa shape index (κ1) is 12.0. The van der Waals surface area contributed by atoms with Crippen LogP contribution in [-0.2, 0) is 0 Å². The number of hydrogen-bond donors (Lipinski definition) is 2. The van der Waals surface area contributed by atoms with Crippen LogP contribution in [-0.4, -0.2) is 17.8 Å². The lowest BCUT2D eigenvalue weighted by Crippen LogP contribution is -2.24. The summed E-state index contributed by atoms with van der Waals surface area (Å²) in [5.41, 5.74) is 5.40. The first-order valence-corrected chi connectivity index (χ1v) is 6.16. The van der Waals surface area contributed by atoms with Gasteiger partial charge < -0.3 is 10.8 Å². The van der Waals surface area contributed by atoms with Crippen LogP contribution in [0.3, 0.4) is 0 Å². The van der Waals surface area contributed by atoms with Crippen LogP contribution in [0.1, 0.15) is 51.9 Å². The summed E-state index contributed by atoms with van der Waals surface area (Å²) in [4.78, 5) is 0. The van der Waals surface area contributed by atoms with Gasteiger partial charge in [-0.3, -0.25) is 0 Å². The Labute approximate surface area is 87.9 Å². The molecule has 1 aliphatic rings. The van der Waals surface area contributed by atoms with E-state index in [1.807, 2.05) is 0 Å². The first-order valence-electron chi connectivity index (χ1n) is 6.16. The van der Waals surface area contributed by atoms with Gasteiger partial charge in [0.1, 0.15) is 0 Å². The SMILES string of the molecule is CC[C@H]1CCCCC1CC[C@@H](O)CN. The van der Waals surface area contributed by atoms with Gasteiger partial charge in [0.15, 0.2) is 0 Å². The topological polar surface area (TPSA) is 46.2 Å². The van der Waals surface area contributed by atoms with Crippen LogP contribution >= 0.6 is 0 Å². The number of rotatable bonds is 5. The maximum absolute atomic E-state index is 9.42. The number of aliphatic hydroxyl groups excluding tert-OH is 1. The third kappa shape index (κ3) is 3.58. The maximum Gasteiger partial charge on any atom is 0.0662 e. The Kier molecular flexibility index (Phi) is 5.49. The van der Waals surface area contributed by atoms with Gasteiger partial charge in [-0.15, -0.1) is 0 Å². The van der Waals surface area contributed by atoms with Crippen molar-refractivity contribution in [2.24, 2.45) is 17.6 Å². The second-order valence-electron chi connectivity index (χ2n) is 4.68.